The van der Waals surface area contributed by atoms with Crippen molar-refractivity contribution < 1.29 is 28.5 Å². The maximum absolute atomic E-state index is 13.6. The maximum Gasteiger partial charge on any atom is 0.266 e. The quantitative estimate of drug-likeness (QED) is 0.519. The number of anilines is 1. The lowest BCUT2D eigenvalue weighted by Crippen LogP contribution is -2.38. The van der Waals surface area contributed by atoms with E-state index in [0.29, 0.717) is 28.6 Å². The Labute approximate surface area is 186 Å². The summed E-state index contributed by atoms with van der Waals surface area (Å²) in [5.41, 5.74) is 1.06. The number of imide groups is 1. The Morgan fingerprint density at radius 2 is 1.12 bits per heavy atom. The molecule has 0 aliphatic carbocycles. The van der Waals surface area contributed by atoms with Gasteiger partial charge in [0.1, 0.15) is 28.8 Å². The number of aryl methyl sites for hydroxylation is 1. The highest BCUT2D eigenvalue weighted by Gasteiger charge is 2.29. The molecule has 0 aliphatic heterocycles. The monoisotopic (exact) mass is 436 g/mol. The van der Waals surface area contributed by atoms with Crippen molar-refractivity contribution in [1.29, 1.82) is 0 Å². The first-order valence-corrected chi connectivity index (χ1v) is 9.68. The summed E-state index contributed by atoms with van der Waals surface area (Å²) in [5, 5.41) is 0. The lowest BCUT2D eigenvalue weighted by molar-refractivity contribution is 0.0895. The maximum atomic E-state index is 13.6. The summed E-state index contributed by atoms with van der Waals surface area (Å²) < 4.78 is 21.1. The fraction of sp³-hybridized carbons (Fsp3) is 0.208. The highest BCUT2D eigenvalue weighted by molar-refractivity contribution is 6.25. The van der Waals surface area contributed by atoms with E-state index in [0.717, 1.165) is 4.90 Å². The van der Waals surface area contributed by atoms with Crippen LogP contribution in [0, 0.1) is 6.92 Å². The van der Waals surface area contributed by atoms with Gasteiger partial charge in [-0.15, -0.1) is 0 Å². The van der Waals surface area contributed by atoms with Crippen molar-refractivity contribution in [2.45, 2.75) is 6.92 Å². The van der Waals surface area contributed by atoms with Crippen LogP contribution in [0.2, 0.25) is 0 Å². The van der Waals surface area contributed by atoms with Gasteiger partial charge in [-0.05, 0) is 42.8 Å². The molecule has 0 N–H and O–H groups in total. The van der Waals surface area contributed by atoms with Crippen LogP contribution in [-0.4, -0.2) is 45.2 Å². The molecular weight excluding hydrogens is 412 g/mol. The average Bonchev–Trinajstić information content (AvgIpc) is 2.84. The molecule has 0 unspecified atom stereocenters. The number of pyridine rings is 1. The molecule has 0 saturated heterocycles. The summed E-state index contributed by atoms with van der Waals surface area (Å²) in [6.07, 6.45) is 1.52. The number of benzene rings is 2. The molecule has 8 heteroatoms. The predicted octanol–water partition coefficient (Wildman–Crippen LogP) is 3.91. The van der Waals surface area contributed by atoms with Gasteiger partial charge in [0.15, 0.2) is 0 Å². The van der Waals surface area contributed by atoms with Crippen molar-refractivity contribution in [3.05, 3.63) is 71.4 Å². The van der Waals surface area contributed by atoms with Crippen LogP contribution < -0.4 is 23.8 Å². The van der Waals surface area contributed by atoms with Crippen molar-refractivity contribution in [1.82, 2.24) is 4.98 Å². The van der Waals surface area contributed by atoms with E-state index < -0.39 is 11.8 Å². The number of hydrogen-bond donors (Lipinski definition) is 0. The zero-order chi connectivity index (χ0) is 23.3. The van der Waals surface area contributed by atoms with E-state index in [2.05, 4.69) is 4.98 Å². The molecular formula is C24H24N2O6. The number of methoxy groups -OCH3 is 4. The van der Waals surface area contributed by atoms with Crippen LogP contribution in [0.1, 0.15) is 26.3 Å². The molecule has 166 valence electrons. The van der Waals surface area contributed by atoms with Crippen LogP contribution >= 0.6 is 0 Å². The predicted molar refractivity (Wildman–Crippen MR) is 119 cm³/mol. The fourth-order valence-electron chi connectivity index (χ4n) is 3.12. The Balaban J connectivity index is 2.17. The Morgan fingerprint density at radius 3 is 1.47 bits per heavy atom. The van der Waals surface area contributed by atoms with E-state index in [9.17, 15) is 9.59 Å². The van der Waals surface area contributed by atoms with Crippen molar-refractivity contribution in [2.24, 2.45) is 0 Å². The smallest absolute Gasteiger partial charge is 0.266 e. The van der Waals surface area contributed by atoms with Gasteiger partial charge in [0.25, 0.3) is 11.8 Å². The van der Waals surface area contributed by atoms with Crippen molar-refractivity contribution in [3.8, 4) is 23.0 Å². The molecule has 0 radical (unpaired) electrons. The van der Waals surface area contributed by atoms with Crippen molar-refractivity contribution >= 4 is 17.6 Å². The number of rotatable bonds is 7. The van der Waals surface area contributed by atoms with E-state index in [1.807, 2.05) is 0 Å². The minimum Gasteiger partial charge on any atom is -0.497 e. The van der Waals surface area contributed by atoms with E-state index in [1.165, 1.54) is 58.9 Å². The molecule has 0 aliphatic rings. The minimum atomic E-state index is -0.587. The zero-order valence-electron chi connectivity index (χ0n) is 18.5. The first-order chi connectivity index (χ1) is 15.4. The average molecular weight is 436 g/mol. The van der Waals surface area contributed by atoms with Gasteiger partial charge in [-0.1, -0.05) is 6.07 Å². The number of aromatic nitrogens is 1. The molecule has 8 nitrogen and oxygen atoms in total. The van der Waals surface area contributed by atoms with Gasteiger partial charge in [0.05, 0.1) is 28.4 Å². The molecule has 2 aromatic carbocycles. The second kappa shape index (κ2) is 9.82. The van der Waals surface area contributed by atoms with Crippen LogP contribution in [0.3, 0.4) is 0 Å². The molecule has 0 saturated carbocycles. The summed E-state index contributed by atoms with van der Waals surface area (Å²) in [6.45, 7) is 1.77. The lowest BCUT2D eigenvalue weighted by Gasteiger charge is -2.22. The van der Waals surface area contributed by atoms with Crippen molar-refractivity contribution in [2.75, 3.05) is 33.3 Å². The molecule has 3 aromatic rings. The number of amides is 2. The Kier molecular flexibility index (Phi) is 6.94. The highest BCUT2D eigenvalue weighted by Crippen LogP contribution is 2.29. The summed E-state index contributed by atoms with van der Waals surface area (Å²) in [4.78, 5) is 32.6. The molecule has 1 heterocycles. The minimum absolute atomic E-state index is 0.203. The highest BCUT2D eigenvalue weighted by atomic mass is 16.5. The normalized spacial score (nSPS) is 10.3. The molecule has 3 rings (SSSR count). The van der Waals surface area contributed by atoms with Crippen LogP contribution in [0.4, 0.5) is 5.82 Å². The first kappa shape index (κ1) is 22.6. The van der Waals surface area contributed by atoms with Gasteiger partial charge in [0.2, 0.25) is 0 Å². The topological polar surface area (TPSA) is 87.2 Å². The molecule has 1 aromatic heterocycles. The summed E-state index contributed by atoms with van der Waals surface area (Å²) in [7, 11) is 5.93. The summed E-state index contributed by atoms with van der Waals surface area (Å²) >= 11 is 0. The van der Waals surface area contributed by atoms with Gasteiger partial charge >= 0.3 is 0 Å². The van der Waals surface area contributed by atoms with Gasteiger partial charge in [0, 0.05) is 29.5 Å². The molecule has 0 fully saturated rings. The molecule has 0 atom stereocenters. The molecule has 2 amide bonds. The van der Waals surface area contributed by atoms with E-state index >= 15 is 0 Å². The molecule has 0 bridgehead atoms. The van der Waals surface area contributed by atoms with Crippen molar-refractivity contribution in [3.63, 3.8) is 0 Å². The number of hydrogen-bond acceptors (Lipinski definition) is 7. The summed E-state index contributed by atoms with van der Waals surface area (Å²) in [5.74, 6) is 0.709. The SMILES string of the molecule is COc1cc(OC)cc(C(=O)N(C(=O)c2cc(OC)cc(OC)c2)c2ncccc2C)c1. The number of carbonyl (C=O) groups excluding carboxylic acids is 2. The second-order valence-corrected chi connectivity index (χ2v) is 6.79. The largest absolute Gasteiger partial charge is 0.497 e. The van der Waals surface area contributed by atoms with Crippen LogP contribution in [-0.2, 0) is 0 Å². The van der Waals surface area contributed by atoms with Gasteiger partial charge in [-0.2, -0.15) is 0 Å². The third-order valence-electron chi connectivity index (χ3n) is 4.80. The zero-order valence-corrected chi connectivity index (χ0v) is 18.5. The third-order valence-corrected chi connectivity index (χ3v) is 4.80. The number of nitrogens with zero attached hydrogens (tertiary/aromatic N) is 2. The summed E-state index contributed by atoms with van der Waals surface area (Å²) in [6, 6.07) is 12.9. The number of ether oxygens (including phenoxy) is 4. The fourth-order valence-corrected chi connectivity index (χ4v) is 3.12. The Bertz CT molecular complexity index is 1030. The first-order valence-electron chi connectivity index (χ1n) is 9.68. The Morgan fingerprint density at radius 1 is 0.719 bits per heavy atom. The van der Waals surface area contributed by atoms with Crippen LogP contribution in [0.15, 0.2) is 54.7 Å². The molecule has 32 heavy (non-hydrogen) atoms. The van der Waals surface area contributed by atoms with Gasteiger partial charge < -0.3 is 18.9 Å². The van der Waals surface area contributed by atoms with Crippen LogP contribution in [0.5, 0.6) is 23.0 Å². The second-order valence-electron chi connectivity index (χ2n) is 6.79. The third kappa shape index (κ3) is 4.64. The molecule has 0 spiro atoms. The van der Waals surface area contributed by atoms with E-state index in [4.69, 9.17) is 18.9 Å². The lowest BCUT2D eigenvalue weighted by atomic mass is 10.1. The van der Waals surface area contributed by atoms with E-state index in [1.54, 1.807) is 31.2 Å². The standard InChI is InChI=1S/C24H24N2O6/c1-15-7-6-8-25-22(15)26(23(27)16-9-18(29-2)13-19(10-16)30-3)24(28)17-11-20(31-4)14-21(12-17)32-5/h6-14H,1-5H3. The van der Waals surface area contributed by atoms with Crippen LogP contribution in [0.25, 0.3) is 0 Å². The number of carbonyl (C=O) groups is 2. The van der Waals surface area contributed by atoms with Gasteiger partial charge in [-0.3, -0.25) is 9.59 Å². The Hall–Kier alpha value is -4.07. The van der Waals surface area contributed by atoms with Gasteiger partial charge in [-0.25, -0.2) is 9.88 Å². The van der Waals surface area contributed by atoms with E-state index in [-0.39, 0.29) is 16.9 Å².